The van der Waals surface area contributed by atoms with Gasteiger partial charge in [-0.15, -0.1) is 0 Å². The summed E-state index contributed by atoms with van der Waals surface area (Å²) in [6, 6.07) is 4.74. The Balaban J connectivity index is 1.78. The van der Waals surface area contributed by atoms with Gasteiger partial charge in [0.05, 0.1) is 11.5 Å². The van der Waals surface area contributed by atoms with E-state index in [9.17, 15) is 22.8 Å². The van der Waals surface area contributed by atoms with Crippen LogP contribution in [0.25, 0.3) is 0 Å². The summed E-state index contributed by atoms with van der Waals surface area (Å²) in [7, 11) is -3.11. The normalized spacial score (nSPS) is 19.1. The molecule has 1 saturated heterocycles. The Kier molecular flexibility index (Phi) is 6.59. The van der Waals surface area contributed by atoms with Crippen molar-refractivity contribution >= 4 is 27.6 Å². The zero-order valence-corrected chi connectivity index (χ0v) is 16.4. The quantitative estimate of drug-likeness (QED) is 0.666. The van der Waals surface area contributed by atoms with E-state index in [0.717, 1.165) is 11.1 Å². The first-order valence-electron chi connectivity index (χ1n) is 8.63. The standard InChI is InChI=1S/C18H24N2O6S/c1-11-4-5-14(8-12(11)2)18(23)19-9-16(21)26-13(3)17(22)20-15-6-7-27(24,25)10-15/h4-5,8,13,15H,6-7,9-10H2,1-3H3,(H,19,23)(H,20,22)/t13-,15+/m1/s1. The lowest BCUT2D eigenvalue weighted by Crippen LogP contribution is -2.43. The first-order valence-corrected chi connectivity index (χ1v) is 10.5. The first-order chi connectivity index (χ1) is 12.6. The summed E-state index contributed by atoms with van der Waals surface area (Å²) in [6.07, 6.45) is -0.736. The molecule has 2 N–H and O–H groups in total. The van der Waals surface area contributed by atoms with Gasteiger partial charge in [-0.1, -0.05) is 6.07 Å². The molecule has 0 saturated carbocycles. The Labute approximate surface area is 158 Å². The van der Waals surface area contributed by atoms with E-state index in [-0.39, 0.29) is 18.1 Å². The minimum Gasteiger partial charge on any atom is -0.451 e. The van der Waals surface area contributed by atoms with Crippen LogP contribution in [0.1, 0.15) is 34.8 Å². The lowest BCUT2D eigenvalue weighted by atomic mass is 10.1. The van der Waals surface area contributed by atoms with Crippen LogP contribution in [0.3, 0.4) is 0 Å². The largest absolute Gasteiger partial charge is 0.451 e. The molecule has 9 heteroatoms. The topological polar surface area (TPSA) is 119 Å². The molecule has 0 aromatic heterocycles. The van der Waals surface area contributed by atoms with Crippen molar-refractivity contribution < 1.29 is 27.5 Å². The van der Waals surface area contributed by atoms with Crippen molar-refractivity contribution in [3.63, 3.8) is 0 Å². The molecule has 148 valence electrons. The summed E-state index contributed by atoms with van der Waals surface area (Å²) in [5.74, 6) is -1.80. The second kappa shape index (κ2) is 8.51. The molecule has 0 bridgehead atoms. The molecule has 0 aliphatic carbocycles. The molecule has 8 nitrogen and oxygen atoms in total. The van der Waals surface area contributed by atoms with Crippen molar-refractivity contribution in [1.82, 2.24) is 10.6 Å². The van der Waals surface area contributed by atoms with Crippen LogP contribution >= 0.6 is 0 Å². The summed E-state index contributed by atoms with van der Waals surface area (Å²) < 4.78 is 27.8. The van der Waals surface area contributed by atoms with E-state index in [2.05, 4.69) is 10.6 Å². The average molecular weight is 396 g/mol. The van der Waals surface area contributed by atoms with Gasteiger partial charge in [0.1, 0.15) is 6.54 Å². The summed E-state index contributed by atoms with van der Waals surface area (Å²) in [5, 5.41) is 5.01. The number of rotatable bonds is 6. The zero-order valence-electron chi connectivity index (χ0n) is 15.6. The van der Waals surface area contributed by atoms with Gasteiger partial charge >= 0.3 is 5.97 Å². The third kappa shape index (κ3) is 6.06. The zero-order chi connectivity index (χ0) is 20.2. The Morgan fingerprint density at radius 1 is 1.22 bits per heavy atom. The predicted octanol–water partition coefficient (Wildman–Crippen LogP) is 0.268. The van der Waals surface area contributed by atoms with E-state index in [0.29, 0.717) is 12.0 Å². The summed E-state index contributed by atoms with van der Waals surface area (Å²) in [4.78, 5) is 35.9. The van der Waals surface area contributed by atoms with E-state index in [1.165, 1.54) is 6.92 Å². The molecule has 1 aromatic carbocycles. The minimum atomic E-state index is -3.11. The van der Waals surface area contributed by atoms with Crippen molar-refractivity contribution in [3.05, 3.63) is 34.9 Å². The van der Waals surface area contributed by atoms with Crippen molar-refractivity contribution in [2.45, 2.75) is 39.3 Å². The van der Waals surface area contributed by atoms with Gasteiger partial charge in [-0.3, -0.25) is 14.4 Å². The van der Waals surface area contributed by atoms with E-state index in [1.807, 2.05) is 19.9 Å². The highest BCUT2D eigenvalue weighted by Gasteiger charge is 2.30. The number of esters is 1. The summed E-state index contributed by atoms with van der Waals surface area (Å²) in [5.41, 5.74) is 2.45. The molecule has 1 aliphatic rings. The average Bonchev–Trinajstić information content (AvgIpc) is 2.93. The van der Waals surface area contributed by atoms with Gasteiger partial charge in [0.15, 0.2) is 15.9 Å². The maximum atomic E-state index is 12.1. The van der Waals surface area contributed by atoms with Gasteiger partial charge in [-0.2, -0.15) is 0 Å². The SMILES string of the molecule is Cc1ccc(C(=O)NCC(=O)O[C@H](C)C(=O)N[C@H]2CCS(=O)(=O)C2)cc1C. The van der Waals surface area contributed by atoms with Crippen LogP contribution in [0.15, 0.2) is 18.2 Å². The lowest BCUT2D eigenvalue weighted by molar-refractivity contribution is -0.154. The molecular formula is C18H24N2O6S. The van der Waals surface area contributed by atoms with Crippen LogP contribution in [0, 0.1) is 13.8 Å². The number of carbonyl (C=O) groups is 3. The van der Waals surface area contributed by atoms with Crippen molar-refractivity contribution in [1.29, 1.82) is 0 Å². The van der Waals surface area contributed by atoms with E-state index in [1.54, 1.807) is 12.1 Å². The van der Waals surface area contributed by atoms with Crippen LogP contribution in [0.4, 0.5) is 0 Å². The molecule has 2 rings (SSSR count). The number of carbonyl (C=O) groups excluding carboxylic acids is 3. The molecular weight excluding hydrogens is 372 g/mol. The molecule has 2 amide bonds. The van der Waals surface area contributed by atoms with Crippen molar-refractivity contribution in [3.8, 4) is 0 Å². The Morgan fingerprint density at radius 3 is 2.52 bits per heavy atom. The van der Waals surface area contributed by atoms with Crippen molar-refractivity contribution in [2.24, 2.45) is 0 Å². The number of aryl methyl sites for hydroxylation is 2. The molecule has 1 aromatic rings. The third-order valence-corrected chi connectivity index (χ3v) is 6.19. The van der Waals surface area contributed by atoms with E-state index < -0.39 is 39.8 Å². The first kappa shape index (κ1) is 20.9. The monoisotopic (exact) mass is 396 g/mol. The Hall–Kier alpha value is -2.42. The predicted molar refractivity (Wildman–Crippen MR) is 99.0 cm³/mol. The number of ether oxygens (including phenoxy) is 1. The van der Waals surface area contributed by atoms with E-state index in [4.69, 9.17) is 4.74 Å². The maximum absolute atomic E-state index is 12.1. The molecule has 0 unspecified atom stereocenters. The van der Waals surface area contributed by atoms with Crippen molar-refractivity contribution in [2.75, 3.05) is 18.1 Å². The van der Waals surface area contributed by atoms with Crippen LogP contribution < -0.4 is 10.6 Å². The fourth-order valence-corrected chi connectivity index (χ4v) is 4.33. The molecule has 2 atom stereocenters. The Bertz CT molecular complexity index is 849. The Morgan fingerprint density at radius 2 is 1.93 bits per heavy atom. The number of hydrogen-bond donors (Lipinski definition) is 2. The molecule has 27 heavy (non-hydrogen) atoms. The van der Waals surface area contributed by atoms with Crippen LogP contribution in [0.2, 0.25) is 0 Å². The fourth-order valence-electron chi connectivity index (χ4n) is 2.66. The fraction of sp³-hybridized carbons (Fsp3) is 0.500. The highest BCUT2D eigenvalue weighted by molar-refractivity contribution is 7.91. The minimum absolute atomic E-state index is 0.0383. The molecule has 0 radical (unpaired) electrons. The highest BCUT2D eigenvalue weighted by atomic mass is 32.2. The van der Waals surface area contributed by atoms with Gasteiger partial charge in [-0.25, -0.2) is 8.42 Å². The van der Waals surface area contributed by atoms with Gasteiger partial charge < -0.3 is 15.4 Å². The highest BCUT2D eigenvalue weighted by Crippen LogP contribution is 2.12. The lowest BCUT2D eigenvalue weighted by Gasteiger charge is -2.16. The third-order valence-electron chi connectivity index (χ3n) is 4.42. The number of amides is 2. The number of nitrogens with one attached hydrogen (secondary N) is 2. The molecule has 1 fully saturated rings. The summed E-state index contributed by atoms with van der Waals surface area (Å²) in [6.45, 7) is 4.83. The van der Waals surface area contributed by atoms with Gasteiger partial charge in [0.2, 0.25) is 0 Å². The number of sulfone groups is 1. The van der Waals surface area contributed by atoms with Crippen LogP contribution in [-0.2, 0) is 24.2 Å². The number of hydrogen-bond acceptors (Lipinski definition) is 6. The smallest absolute Gasteiger partial charge is 0.326 e. The second-order valence-electron chi connectivity index (χ2n) is 6.72. The second-order valence-corrected chi connectivity index (χ2v) is 8.95. The number of benzene rings is 1. The molecule has 1 aliphatic heterocycles. The molecule has 0 spiro atoms. The van der Waals surface area contributed by atoms with Gasteiger partial charge in [0, 0.05) is 11.6 Å². The van der Waals surface area contributed by atoms with E-state index >= 15 is 0 Å². The van der Waals surface area contributed by atoms with Crippen LogP contribution in [0.5, 0.6) is 0 Å². The summed E-state index contributed by atoms with van der Waals surface area (Å²) >= 11 is 0. The van der Waals surface area contributed by atoms with Gasteiger partial charge in [0.25, 0.3) is 11.8 Å². The molecule has 1 heterocycles. The van der Waals surface area contributed by atoms with Crippen LogP contribution in [-0.4, -0.2) is 56.4 Å². The maximum Gasteiger partial charge on any atom is 0.326 e. The van der Waals surface area contributed by atoms with Gasteiger partial charge in [-0.05, 0) is 50.5 Å².